The van der Waals surface area contributed by atoms with E-state index in [1.54, 1.807) is 32.9 Å². The molecule has 0 bridgehead atoms. The summed E-state index contributed by atoms with van der Waals surface area (Å²) in [6.07, 6.45) is 0. The molecule has 0 atom stereocenters. The zero-order chi connectivity index (χ0) is 24.1. The first kappa shape index (κ1) is 24.0. The summed E-state index contributed by atoms with van der Waals surface area (Å²) in [6, 6.07) is 20.8. The van der Waals surface area contributed by atoms with Crippen molar-refractivity contribution >= 4 is 27.6 Å². The number of sulfonamides is 1. The molecule has 3 rings (SSSR count). The molecular formula is C25H25NO6S. The lowest BCUT2D eigenvalue weighted by Gasteiger charge is -2.16. The second-order valence-corrected chi connectivity index (χ2v) is 10.0. The topological polar surface area (TPSA) is 98.8 Å². The van der Waals surface area contributed by atoms with Gasteiger partial charge in [-0.15, -0.1) is 0 Å². The fraction of sp³-hybridized carbons (Fsp3) is 0.200. The molecule has 0 spiro atoms. The van der Waals surface area contributed by atoms with Crippen LogP contribution in [0.4, 0.5) is 5.69 Å². The van der Waals surface area contributed by atoms with Crippen molar-refractivity contribution in [2.75, 3.05) is 4.72 Å². The summed E-state index contributed by atoms with van der Waals surface area (Å²) in [5.41, 5.74) is 0.313. The fourth-order valence-electron chi connectivity index (χ4n) is 2.70. The summed E-state index contributed by atoms with van der Waals surface area (Å²) in [6.45, 7) is 5.23. The van der Waals surface area contributed by atoms with E-state index >= 15 is 0 Å². The van der Waals surface area contributed by atoms with Crippen molar-refractivity contribution in [3.05, 3.63) is 90.0 Å². The predicted octanol–water partition coefficient (Wildman–Crippen LogP) is 4.80. The smallest absolute Gasteiger partial charge is 0.340 e. The Kier molecular flexibility index (Phi) is 7.18. The van der Waals surface area contributed by atoms with Gasteiger partial charge in [0.2, 0.25) is 0 Å². The first-order valence-electron chi connectivity index (χ1n) is 10.2. The van der Waals surface area contributed by atoms with Crippen LogP contribution in [0.1, 0.15) is 36.7 Å². The summed E-state index contributed by atoms with van der Waals surface area (Å²) in [5.74, 6) is -0.848. The van der Waals surface area contributed by atoms with Crippen molar-refractivity contribution in [3.63, 3.8) is 0 Å². The Balaban J connectivity index is 1.73. The molecule has 0 saturated heterocycles. The minimum absolute atomic E-state index is 0.0505. The average Bonchev–Trinajstić information content (AvgIpc) is 2.78. The molecule has 3 aromatic rings. The van der Waals surface area contributed by atoms with Crippen LogP contribution in [0.2, 0.25) is 0 Å². The van der Waals surface area contributed by atoms with E-state index in [-0.39, 0.29) is 28.5 Å². The van der Waals surface area contributed by atoms with Crippen LogP contribution in [-0.4, -0.2) is 20.4 Å². The van der Waals surface area contributed by atoms with Gasteiger partial charge in [-0.1, -0.05) is 42.5 Å². The summed E-state index contributed by atoms with van der Waals surface area (Å²) < 4.78 is 38.8. The molecule has 3 aromatic carbocycles. The number of esters is 2. The summed E-state index contributed by atoms with van der Waals surface area (Å²) in [5, 5.41) is 0. The van der Waals surface area contributed by atoms with Crippen molar-refractivity contribution < 1.29 is 27.5 Å². The molecule has 0 fully saturated rings. The number of anilines is 1. The maximum atomic E-state index is 12.9. The number of carbonyl (C=O) groups is 2. The summed E-state index contributed by atoms with van der Waals surface area (Å²) >= 11 is 0. The second kappa shape index (κ2) is 9.87. The maximum Gasteiger partial charge on any atom is 0.340 e. The van der Waals surface area contributed by atoms with Gasteiger partial charge in [-0.2, -0.15) is 0 Å². The molecule has 0 aliphatic carbocycles. The third kappa shape index (κ3) is 6.43. The third-order valence-corrected chi connectivity index (χ3v) is 5.94. The van der Waals surface area contributed by atoms with E-state index < -0.39 is 27.4 Å². The van der Waals surface area contributed by atoms with Gasteiger partial charge < -0.3 is 9.47 Å². The Labute approximate surface area is 193 Å². The lowest BCUT2D eigenvalue weighted by atomic mass is 9.97. The summed E-state index contributed by atoms with van der Waals surface area (Å²) in [4.78, 5) is 24.5. The van der Waals surface area contributed by atoms with Crippen LogP contribution in [0.25, 0.3) is 0 Å². The molecule has 8 heteroatoms. The quantitative estimate of drug-likeness (QED) is 0.396. The van der Waals surface area contributed by atoms with E-state index in [1.165, 1.54) is 36.4 Å². The molecular weight excluding hydrogens is 442 g/mol. The van der Waals surface area contributed by atoms with Gasteiger partial charge in [0, 0.05) is 0 Å². The van der Waals surface area contributed by atoms with E-state index in [2.05, 4.69) is 4.72 Å². The molecule has 1 N–H and O–H groups in total. The number of benzene rings is 3. The molecule has 0 radical (unpaired) electrons. The first-order valence-corrected chi connectivity index (χ1v) is 11.7. The molecule has 0 unspecified atom stereocenters. The number of para-hydroxylation sites is 1. The average molecular weight is 468 g/mol. The van der Waals surface area contributed by atoms with Crippen molar-refractivity contribution in [3.8, 4) is 5.75 Å². The molecule has 0 aliphatic rings. The molecule has 7 nitrogen and oxygen atoms in total. The lowest BCUT2D eigenvalue weighted by Crippen LogP contribution is -2.25. The normalized spacial score (nSPS) is 11.5. The van der Waals surface area contributed by atoms with E-state index in [1.807, 2.05) is 30.3 Å². The van der Waals surface area contributed by atoms with E-state index in [9.17, 15) is 18.0 Å². The highest BCUT2D eigenvalue weighted by atomic mass is 32.2. The van der Waals surface area contributed by atoms with Gasteiger partial charge in [0.05, 0.1) is 21.6 Å². The van der Waals surface area contributed by atoms with Crippen LogP contribution >= 0.6 is 0 Å². The van der Waals surface area contributed by atoms with E-state index in [0.29, 0.717) is 0 Å². The predicted molar refractivity (Wildman–Crippen MR) is 124 cm³/mol. The number of hydrogen-bond acceptors (Lipinski definition) is 6. The van der Waals surface area contributed by atoms with Crippen LogP contribution in [0, 0.1) is 5.41 Å². The van der Waals surface area contributed by atoms with Crippen LogP contribution in [0.15, 0.2) is 83.8 Å². The standard InChI is InChI=1S/C25H25NO6S/c1-25(2,3)24(28)32-19-13-15-20(16-14-19)33(29,30)26-22-12-8-7-11-21(22)23(27)31-17-18-9-5-4-6-10-18/h4-16,26H,17H2,1-3H3. The van der Waals surface area contributed by atoms with Gasteiger partial charge in [-0.3, -0.25) is 9.52 Å². The Morgan fingerprint density at radius 2 is 1.45 bits per heavy atom. The zero-order valence-corrected chi connectivity index (χ0v) is 19.4. The molecule has 0 aliphatic heterocycles. The van der Waals surface area contributed by atoms with Gasteiger partial charge in [-0.05, 0) is 62.7 Å². The highest BCUT2D eigenvalue weighted by molar-refractivity contribution is 7.92. The molecule has 33 heavy (non-hydrogen) atoms. The number of carbonyl (C=O) groups excluding carboxylic acids is 2. The fourth-order valence-corrected chi connectivity index (χ4v) is 3.78. The molecule has 0 amide bonds. The van der Waals surface area contributed by atoms with Crippen LogP contribution in [-0.2, 0) is 26.2 Å². The molecule has 172 valence electrons. The van der Waals surface area contributed by atoms with Crippen LogP contribution < -0.4 is 9.46 Å². The molecule has 0 saturated carbocycles. The van der Waals surface area contributed by atoms with Gasteiger partial charge in [0.1, 0.15) is 12.4 Å². The van der Waals surface area contributed by atoms with Gasteiger partial charge >= 0.3 is 11.9 Å². The van der Waals surface area contributed by atoms with Gasteiger partial charge in [0.15, 0.2) is 0 Å². The molecule has 0 aromatic heterocycles. The van der Waals surface area contributed by atoms with Crippen LogP contribution in [0.3, 0.4) is 0 Å². The highest BCUT2D eigenvalue weighted by Gasteiger charge is 2.24. The van der Waals surface area contributed by atoms with Crippen LogP contribution in [0.5, 0.6) is 5.75 Å². The minimum Gasteiger partial charge on any atom is -0.457 e. The number of ether oxygens (including phenoxy) is 2. The maximum absolute atomic E-state index is 12.9. The Morgan fingerprint density at radius 3 is 2.09 bits per heavy atom. The zero-order valence-electron chi connectivity index (χ0n) is 18.6. The van der Waals surface area contributed by atoms with Gasteiger partial charge in [0.25, 0.3) is 10.0 Å². The van der Waals surface area contributed by atoms with Crippen molar-refractivity contribution in [2.24, 2.45) is 5.41 Å². The first-order chi connectivity index (χ1) is 15.6. The number of hydrogen-bond donors (Lipinski definition) is 1. The Hall–Kier alpha value is -3.65. The number of rotatable bonds is 7. The monoisotopic (exact) mass is 467 g/mol. The Bertz CT molecular complexity index is 1230. The minimum atomic E-state index is -4.01. The highest BCUT2D eigenvalue weighted by Crippen LogP contribution is 2.24. The SMILES string of the molecule is CC(C)(C)C(=O)Oc1ccc(S(=O)(=O)Nc2ccccc2C(=O)OCc2ccccc2)cc1. The van der Waals surface area contributed by atoms with Crippen molar-refractivity contribution in [2.45, 2.75) is 32.3 Å². The third-order valence-electron chi connectivity index (χ3n) is 4.56. The second-order valence-electron chi connectivity index (χ2n) is 8.32. The largest absolute Gasteiger partial charge is 0.457 e. The number of nitrogens with one attached hydrogen (secondary N) is 1. The summed E-state index contributed by atoms with van der Waals surface area (Å²) in [7, 11) is -4.01. The van der Waals surface area contributed by atoms with Gasteiger partial charge in [-0.25, -0.2) is 13.2 Å². The Morgan fingerprint density at radius 1 is 0.848 bits per heavy atom. The van der Waals surface area contributed by atoms with Crippen molar-refractivity contribution in [1.29, 1.82) is 0 Å². The van der Waals surface area contributed by atoms with Crippen molar-refractivity contribution in [1.82, 2.24) is 0 Å². The van der Waals surface area contributed by atoms with E-state index in [0.717, 1.165) is 5.56 Å². The lowest BCUT2D eigenvalue weighted by molar-refractivity contribution is -0.143. The van der Waals surface area contributed by atoms with E-state index in [4.69, 9.17) is 9.47 Å². The molecule has 0 heterocycles.